The van der Waals surface area contributed by atoms with Crippen molar-refractivity contribution in [2.24, 2.45) is 0 Å². The predicted octanol–water partition coefficient (Wildman–Crippen LogP) is 2.06. The third-order valence-electron chi connectivity index (χ3n) is 3.89. The van der Waals surface area contributed by atoms with Crippen LogP contribution in [-0.4, -0.2) is 43.4 Å². The van der Waals surface area contributed by atoms with E-state index in [9.17, 15) is 0 Å². The largest absolute Gasteiger partial charge is 0.377 e. The average Bonchev–Trinajstić information content (AvgIpc) is 2.47. The summed E-state index contributed by atoms with van der Waals surface area (Å²) < 4.78 is 5.44. The number of anilines is 1. The lowest BCUT2D eigenvalue weighted by Crippen LogP contribution is -2.47. The van der Waals surface area contributed by atoms with Gasteiger partial charge in [0.2, 0.25) is 0 Å². The van der Waals surface area contributed by atoms with E-state index in [1.54, 1.807) is 7.11 Å². The summed E-state index contributed by atoms with van der Waals surface area (Å²) in [5, 5.41) is 3.62. The zero-order valence-corrected chi connectivity index (χ0v) is 12.2. The molecule has 1 fully saturated rings. The minimum atomic E-state index is -0.0811. The molecule has 106 valence electrons. The van der Waals surface area contributed by atoms with Crippen LogP contribution in [0.5, 0.6) is 0 Å². The molecule has 0 unspecified atom stereocenters. The maximum atomic E-state index is 5.44. The van der Waals surface area contributed by atoms with E-state index in [-0.39, 0.29) is 5.60 Å². The molecule has 0 aliphatic carbocycles. The molecule has 2 rings (SSSR count). The molecule has 1 saturated heterocycles. The van der Waals surface area contributed by atoms with Gasteiger partial charge in [0.1, 0.15) is 0 Å². The van der Waals surface area contributed by atoms with Crippen LogP contribution in [0.25, 0.3) is 0 Å². The summed E-state index contributed by atoms with van der Waals surface area (Å²) in [7, 11) is 1.77. The summed E-state index contributed by atoms with van der Waals surface area (Å²) in [6.07, 6.45) is 6.09. The van der Waals surface area contributed by atoms with Crippen molar-refractivity contribution in [1.29, 1.82) is 0 Å². The Morgan fingerprint density at radius 1 is 1.32 bits per heavy atom. The fourth-order valence-corrected chi connectivity index (χ4v) is 2.36. The topological polar surface area (TPSA) is 37.4 Å². The second-order valence-corrected chi connectivity index (χ2v) is 5.81. The van der Waals surface area contributed by atoms with Crippen molar-refractivity contribution < 1.29 is 4.74 Å². The van der Waals surface area contributed by atoms with Gasteiger partial charge in [0.15, 0.2) is 0 Å². The van der Waals surface area contributed by atoms with E-state index in [4.69, 9.17) is 4.74 Å². The van der Waals surface area contributed by atoms with E-state index in [0.29, 0.717) is 6.04 Å². The SMILES string of the molecule is COC(C)(C)CNC1CCN(c2ccncc2)CC1. The number of pyridine rings is 1. The first-order valence-electron chi connectivity index (χ1n) is 7.04. The Balaban J connectivity index is 1.77. The molecule has 1 aliphatic rings. The Bertz CT molecular complexity index is 372. The molecule has 1 aromatic heterocycles. The second-order valence-electron chi connectivity index (χ2n) is 5.81. The molecular formula is C15H25N3O. The summed E-state index contributed by atoms with van der Waals surface area (Å²) in [6.45, 7) is 7.35. The first kappa shape index (κ1) is 14.3. The molecule has 4 nitrogen and oxygen atoms in total. The van der Waals surface area contributed by atoms with Crippen molar-refractivity contribution in [1.82, 2.24) is 10.3 Å². The molecular weight excluding hydrogens is 238 g/mol. The van der Waals surface area contributed by atoms with E-state index < -0.39 is 0 Å². The molecule has 1 aliphatic heterocycles. The summed E-state index contributed by atoms with van der Waals surface area (Å²) in [5.41, 5.74) is 1.20. The highest BCUT2D eigenvalue weighted by molar-refractivity contribution is 5.44. The molecule has 2 heterocycles. The molecule has 19 heavy (non-hydrogen) atoms. The maximum Gasteiger partial charge on any atom is 0.0746 e. The molecule has 0 saturated carbocycles. The smallest absolute Gasteiger partial charge is 0.0746 e. The fraction of sp³-hybridized carbons (Fsp3) is 0.667. The van der Waals surface area contributed by atoms with Crippen molar-refractivity contribution >= 4 is 5.69 Å². The number of nitrogens with one attached hydrogen (secondary N) is 1. The standard InChI is InChI=1S/C15H25N3O/c1-15(2,19-3)12-17-13-6-10-18(11-7-13)14-4-8-16-9-5-14/h4-5,8-9,13,17H,6-7,10-12H2,1-3H3. The van der Waals surface area contributed by atoms with Gasteiger partial charge in [0.25, 0.3) is 0 Å². The van der Waals surface area contributed by atoms with Crippen LogP contribution in [0.2, 0.25) is 0 Å². The lowest BCUT2D eigenvalue weighted by molar-refractivity contribution is 0.0204. The van der Waals surface area contributed by atoms with Gasteiger partial charge in [-0.1, -0.05) is 0 Å². The van der Waals surface area contributed by atoms with Gasteiger partial charge in [-0.3, -0.25) is 4.98 Å². The number of rotatable bonds is 5. The third kappa shape index (κ3) is 4.18. The van der Waals surface area contributed by atoms with Gasteiger partial charge in [0.05, 0.1) is 5.60 Å². The number of hydrogen-bond donors (Lipinski definition) is 1. The van der Waals surface area contributed by atoms with Crippen LogP contribution >= 0.6 is 0 Å². The average molecular weight is 263 g/mol. The first-order chi connectivity index (χ1) is 9.11. The highest BCUT2D eigenvalue weighted by Gasteiger charge is 2.22. The Hall–Kier alpha value is -1.13. The summed E-state index contributed by atoms with van der Waals surface area (Å²) >= 11 is 0. The van der Waals surface area contributed by atoms with E-state index in [2.05, 4.69) is 41.2 Å². The van der Waals surface area contributed by atoms with Crippen molar-refractivity contribution in [3.05, 3.63) is 24.5 Å². The van der Waals surface area contributed by atoms with Crippen LogP contribution in [0.15, 0.2) is 24.5 Å². The van der Waals surface area contributed by atoms with Crippen LogP contribution in [0, 0.1) is 0 Å². The van der Waals surface area contributed by atoms with Crippen LogP contribution in [0.4, 0.5) is 5.69 Å². The predicted molar refractivity (Wildman–Crippen MR) is 78.6 cm³/mol. The molecule has 0 radical (unpaired) electrons. The van der Waals surface area contributed by atoms with E-state index in [1.165, 1.54) is 18.5 Å². The van der Waals surface area contributed by atoms with Crippen LogP contribution in [-0.2, 0) is 4.74 Å². The van der Waals surface area contributed by atoms with Gasteiger partial charge < -0.3 is 15.0 Å². The lowest BCUT2D eigenvalue weighted by Gasteiger charge is -2.35. The Morgan fingerprint density at radius 2 is 1.95 bits per heavy atom. The monoisotopic (exact) mass is 263 g/mol. The maximum absolute atomic E-state index is 5.44. The van der Waals surface area contributed by atoms with Gasteiger partial charge in [-0.2, -0.15) is 0 Å². The highest BCUT2D eigenvalue weighted by Crippen LogP contribution is 2.19. The highest BCUT2D eigenvalue weighted by atomic mass is 16.5. The minimum absolute atomic E-state index is 0.0811. The number of hydrogen-bond acceptors (Lipinski definition) is 4. The van der Waals surface area contributed by atoms with Crippen molar-refractivity contribution in [3.63, 3.8) is 0 Å². The zero-order valence-electron chi connectivity index (χ0n) is 12.2. The van der Waals surface area contributed by atoms with E-state index in [1.807, 2.05) is 12.4 Å². The summed E-state index contributed by atoms with van der Waals surface area (Å²) in [4.78, 5) is 6.50. The van der Waals surface area contributed by atoms with Crippen molar-refractivity contribution in [2.45, 2.75) is 38.3 Å². The quantitative estimate of drug-likeness (QED) is 0.882. The molecule has 4 heteroatoms. The van der Waals surface area contributed by atoms with Crippen LogP contribution < -0.4 is 10.2 Å². The number of aromatic nitrogens is 1. The number of nitrogens with zero attached hydrogens (tertiary/aromatic N) is 2. The molecule has 0 amide bonds. The van der Waals surface area contributed by atoms with E-state index >= 15 is 0 Å². The normalized spacial score (nSPS) is 17.7. The molecule has 0 aromatic carbocycles. The molecule has 0 spiro atoms. The first-order valence-corrected chi connectivity index (χ1v) is 7.04. The van der Waals surface area contributed by atoms with Gasteiger partial charge in [-0.15, -0.1) is 0 Å². The lowest BCUT2D eigenvalue weighted by atomic mass is 10.0. The summed E-state index contributed by atoms with van der Waals surface area (Å²) in [6, 6.07) is 4.77. The fourth-order valence-electron chi connectivity index (χ4n) is 2.36. The van der Waals surface area contributed by atoms with Crippen LogP contribution in [0.3, 0.4) is 0 Å². The number of ether oxygens (including phenoxy) is 1. The minimum Gasteiger partial charge on any atom is -0.377 e. The second kappa shape index (κ2) is 6.35. The van der Waals surface area contributed by atoms with Gasteiger partial charge in [-0.25, -0.2) is 0 Å². The third-order valence-corrected chi connectivity index (χ3v) is 3.89. The molecule has 1 N–H and O–H groups in total. The van der Waals surface area contributed by atoms with E-state index in [0.717, 1.165) is 19.6 Å². The molecule has 0 atom stereocenters. The van der Waals surface area contributed by atoms with Gasteiger partial charge in [0, 0.05) is 50.9 Å². The van der Waals surface area contributed by atoms with Crippen LogP contribution in [0.1, 0.15) is 26.7 Å². The Morgan fingerprint density at radius 3 is 2.53 bits per heavy atom. The van der Waals surface area contributed by atoms with Crippen molar-refractivity contribution in [3.8, 4) is 0 Å². The zero-order chi connectivity index (χ0) is 13.7. The molecule has 0 bridgehead atoms. The Labute approximate surface area is 116 Å². The Kier molecular flexibility index (Phi) is 4.77. The van der Waals surface area contributed by atoms with Gasteiger partial charge in [-0.05, 0) is 38.8 Å². The number of methoxy groups -OCH3 is 1. The number of piperidine rings is 1. The summed E-state index contributed by atoms with van der Waals surface area (Å²) in [5.74, 6) is 0. The van der Waals surface area contributed by atoms with Gasteiger partial charge >= 0.3 is 0 Å². The van der Waals surface area contributed by atoms with Crippen molar-refractivity contribution in [2.75, 3.05) is 31.6 Å². The molecule has 1 aromatic rings.